The topological polar surface area (TPSA) is 75.3 Å². The molecule has 0 aliphatic heterocycles. The summed E-state index contributed by atoms with van der Waals surface area (Å²) >= 11 is 0. The molecule has 0 spiro atoms. The molecule has 0 aliphatic carbocycles. The van der Waals surface area contributed by atoms with E-state index in [2.05, 4.69) is 5.32 Å². The number of nitrogens with one attached hydrogen (secondary N) is 1. The molecule has 14 heavy (non-hydrogen) atoms. The molecule has 4 N–H and O–H groups in total. The van der Waals surface area contributed by atoms with E-state index in [9.17, 15) is 4.79 Å². The average Bonchev–Trinajstić information content (AvgIpc) is 2.11. The zero-order chi connectivity index (χ0) is 11.4. The Morgan fingerprint density at radius 2 is 2.00 bits per heavy atom. The molecule has 0 saturated heterocycles. The van der Waals surface area contributed by atoms with E-state index in [1.54, 1.807) is 0 Å². The predicted octanol–water partition coefficient (Wildman–Crippen LogP) is 0.247. The fourth-order valence-electron chi connectivity index (χ4n) is 0.961. The summed E-state index contributed by atoms with van der Waals surface area (Å²) in [7, 11) is 0. The minimum atomic E-state index is -0.539. The van der Waals surface area contributed by atoms with Crippen molar-refractivity contribution in [2.45, 2.75) is 46.2 Å². The number of rotatable bonds is 4. The van der Waals surface area contributed by atoms with Crippen molar-refractivity contribution in [1.29, 1.82) is 0 Å². The highest BCUT2D eigenvalue weighted by Crippen LogP contribution is 2.17. The molecule has 0 fully saturated rings. The summed E-state index contributed by atoms with van der Waals surface area (Å²) in [6, 6.07) is -0.723. The summed E-state index contributed by atoms with van der Waals surface area (Å²) in [5, 5.41) is 11.6. The van der Waals surface area contributed by atoms with E-state index >= 15 is 0 Å². The zero-order valence-electron chi connectivity index (χ0n) is 9.50. The van der Waals surface area contributed by atoms with Crippen LogP contribution in [0.25, 0.3) is 0 Å². The summed E-state index contributed by atoms with van der Waals surface area (Å²) < 4.78 is 0. The van der Waals surface area contributed by atoms with Crippen LogP contribution in [0.15, 0.2) is 0 Å². The van der Waals surface area contributed by atoms with Gasteiger partial charge in [-0.2, -0.15) is 0 Å². The van der Waals surface area contributed by atoms with Gasteiger partial charge in [0.15, 0.2) is 0 Å². The predicted molar refractivity (Wildman–Crippen MR) is 56.7 cm³/mol. The standard InChI is InChI=1S/C10H22N2O2/c1-5-7(6-13)12-9(14)8(11)10(2,3)4/h7-8,13H,5-6,11H2,1-4H3,(H,12,14)/t7-,8?/m0/s1. The Labute approximate surface area is 85.9 Å². The van der Waals surface area contributed by atoms with Gasteiger partial charge >= 0.3 is 0 Å². The Morgan fingerprint density at radius 3 is 2.29 bits per heavy atom. The maximum absolute atomic E-state index is 11.6. The van der Waals surface area contributed by atoms with Crippen LogP contribution in [0.4, 0.5) is 0 Å². The molecular formula is C10H22N2O2. The van der Waals surface area contributed by atoms with E-state index < -0.39 is 6.04 Å². The van der Waals surface area contributed by atoms with E-state index in [0.29, 0.717) is 6.42 Å². The van der Waals surface area contributed by atoms with Gasteiger partial charge in [0.25, 0.3) is 0 Å². The van der Waals surface area contributed by atoms with Crippen molar-refractivity contribution >= 4 is 5.91 Å². The molecule has 0 heterocycles. The molecule has 0 radical (unpaired) electrons. The van der Waals surface area contributed by atoms with Crippen LogP contribution in [-0.2, 0) is 4.79 Å². The van der Waals surface area contributed by atoms with Gasteiger partial charge in [0.2, 0.25) is 5.91 Å². The highest BCUT2D eigenvalue weighted by molar-refractivity contribution is 5.82. The van der Waals surface area contributed by atoms with E-state index in [1.165, 1.54) is 0 Å². The molecule has 0 aliphatic rings. The van der Waals surface area contributed by atoms with Crippen LogP contribution < -0.4 is 11.1 Å². The molecule has 0 aromatic heterocycles. The maximum Gasteiger partial charge on any atom is 0.237 e. The first-order valence-electron chi connectivity index (χ1n) is 4.99. The Morgan fingerprint density at radius 1 is 1.50 bits per heavy atom. The number of nitrogens with two attached hydrogens (primary N) is 1. The lowest BCUT2D eigenvalue weighted by molar-refractivity contribution is -0.125. The lowest BCUT2D eigenvalue weighted by Gasteiger charge is -2.27. The van der Waals surface area contributed by atoms with E-state index in [0.717, 1.165) is 0 Å². The van der Waals surface area contributed by atoms with Crippen LogP contribution in [0.3, 0.4) is 0 Å². The first-order valence-corrected chi connectivity index (χ1v) is 4.99. The third-order valence-corrected chi connectivity index (χ3v) is 2.28. The lowest BCUT2D eigenvalue weighted by Crippen LogP contribution is -2.52. The Hall–Kier alpha value is -0.610. The summed E-state index contributed by atoms with van der Waals surface area (Å²) in [5.74, 6) is -0.196. The van der Waals surface area contributed by atoms with Crippen LogP contribution in [0.5, 0.6) is 0 Å². The van der Waals surface area contributed by atoms with Gasteiger partial charge in [-0.15, -0.1) is 0 Å². The third kappa shape index (κ3) is 4.07. The summed E-state index contributed by atoms with van der Waals surface area (Å²) in [6.45, 7) is 7.61. The van der Waals surface area contributed by atoms with Crippen molar-refractivity contribution < 1.29 is 9.90 Å². The molecule has 1 unspecified atom stereocenters. The van der Waals surface area contributed by atoms with Crippen molar-refractivity contribution in [2.75, 3.05) is 6.61 Å². The normalized spacial score (nSPS) is 16.1. The number of aliphatic hydroxyl groups is 1. The van der Waals surface area contributed by atoms with Crippen molar-refractivity contribution in [3.63, 3.8) is 0 Å². The van der Waals surface area contributed by atoms with Gasteiger partial charge in [0.05, 0.1) is 18.7 Å². The van der Waals surface area contributed by atoms with Crippen LogP contribution in [0, 0.1) is 5.41 Å². The molecule has 0 aromatic carbocycles. The molecule has 84 valence electrons. The van der Waals surface area contributed by atoms with Gasteiger partial charge in [-0.25, -0.2) is 0 Å². The molecular weight excluding hydrogens is 180 g/mol. The monoisotopic (exact) mass is 202 g/mol. The van der Waals surface area contributed by atoms with E-state index in [4.69, 9.17) is 10.8 Å². The van der Waals surface area contributed by atoms with Gasteiger partial charge in [0, 0.05) is 0 Å². The first kappa shape index (κ1) is 13.4. The fourth-order valence-corrected chi connectivity index (χ4v) is 0.961. The highest BCUT2D eigenvalue weighted by atomic mass is 16.3. The molecule has 2 atom stereocenters. The molecule has 0 saturated carbocycles. The smallest absolute Gasteiger partial charge is 0.237 e. The van der Waals surface area contributed by atoms with Gasteiger partial charge in [-0.05, 0) is 11.8 Å². The molecule has 4 heteroatoms. The highest BCUT2D eigenvalue weighted by Gasteiger charge is 2.28. The van der Waals surface area contributed by atoms with Gasteiger partial charge < -0.3 is 16.2 Å². The van der Waals surface area contributed by atoms with Gasteiger partial charge in [-0.1, -0.05) is 27.7 Å². The zero-order valence-corrected chi connectivity index (χ0v) is 9.50. The summed E-state index contributed by atoms with van der Waals surface area (Å²) in [6.07, 6.45) is 0.707. The number of aliphatic hydroxyl groups excluding tert-OH is 1. The average molecular weight is 202 g/mol. The Balaban J connectivity index is 4.21. The minimum Gasteiger partial charge on any atom is -0.394 e. The Bertz CT molecular complexity index is 183. The SMILES string of the molecule is CC[C@@H](CO)NC(=O)C(N)C(C)(C)C. The quantitative estimate of drug-likeness (QED) is 0.611. The van der Waals surface area contributed by atoms with E-state index in [1.807, 2.05) is 27.7 Å². The van der Waals surface area contributed by atoms with Crippen LogP contribution >= 0.6 is 0 Å². The van der Waals surface area contributed by atoms with Crippen molar-refractivity contribution in [1.82, 2.24) is 5.32 Å². The summed E-state index contributed by atoms with van der Waals surface area (Å²) in [5.41, 5.74) is 5.51. The Kier molecular flexibility index (Phi) is 5.08. The first-order chi connectivity index (χ1) is 6.32. The molecule has 4 nitrogen and oxygen atoms in total. The number of hydrogen-bond donors (Lipinski definition) is 3. The van der Waals surface area contributed by atoms with Gasteiger partial charge in [-0.3, -0.25) is 4.79 Å². The fraction of sp³-hybridized carbons (Fsp3) is 0.900. The summed E-state index contributed by atoms with van der Waals surface area (Å²) in [4.78, 5) is 11.6. The third-order valence-electron chi connectivity index (χ3n) is 2.28. The van der Waals surface area contributed by atoms with Crippen molar-refractivity contribution in [3.8, 4) is 0 Å². The van der Waals surface area contributed by atoms with Crippen molar-refractivity contribution in [3.05, 3.63) is 0 Å². The molecule has 0 rings (SSSR count). The lowest BCUT2D eigenvalue weighted by atomic mass is 9.87. The second-order valence-electron chi connectivity index (χ2n) is 4.64. The molecule has 1 amide bonds. The van der Waals surface area contributed by atoms with Crippen LogP contribution in [0.1, 0.15) is 34.1 Å². The van der Waals surface area contributed by atoms with Crippen LogP contribution in [0.2, 0.25) is 0 Å². The number of amides is 1. The largest absolute Gasteiger partial charge is 0.394 e. The van der Waals surface area contributed by atoms with Crippen molar-refractivity contribution in [2.24, 2.45) is 11.1 Å². The second-order valence-corrected chi connectivity index (χ2v) is 4.64. The number of carbonyl (C=O) groups is 1. The minimum absolute atomic E-state index is 0.0426. The van der Waals surface area contributed by atoms with Crippen LogP contribution in [-0.4, -0.2) is 29.7 Å². The number of hydrogen-bond acceptors (Lipinski definition) is 3. The molecule has 0 aromatic rings. The van der Waals surface area contributed by atoms with Gasteiger partial charge in [0.1, 0.15) is 0 Å². The molecule has 0 bridgehead atoms. The second kappa shape index (κ2) is 5.32. The maximum atomic E-state index is 11.6. The van der Waals surface area contributed by atoms with E-state index in [-0.39, 0.29) is 24.0 Å². The number of carbonyl (C=O) groups excluding carboxylic acids is 1.